The summed E-state index contributed by atoms with van der Waals surface area (Å²) in [4.78, 5) is 1.03. The lowest BCUT2D eigenvalue weighted by Gasteiger charge is -2.17. The smallest absolute Gasteiger partial charge is 0.207 e. The first kappa shape index (κ1) is 15.7. The molecule has 3 rings (SSSR count). The molecule has 0 aliphatic carbocycles. The number of hydrogen-bond acceptors (Lipinski definition) is 4. The van der Waals surface area contributed by atoms with Crippen LogP contribution in [0.4, 0.5) is 0 Å². The van der Waals surface area contributed by atoms with E-state index >= 15 is 0 Å². The predicted octanol–water partition coefficient (Wildman–Crippen LogP) is 4.53. The van der Waals surface area contributed by atoms with Crippen molar-refractivity contribution in [1.82, 2.24) is 4.72 Å². The van der Waals surface area contributed by atoms with Crippen LogP contribution >= 0.6 is 34.3 Å². The van der Waals surface area contributed by atoms with Crippen molar-refractivity contribution in [2.45, 2.75) is 10.9 Å². The van der Waals surface area contributed by atoms with E-state index in [0.717, 1.165) is 10.4 Å². The summed E-state index contributed by atoms with van der Waals surface area (Å²) in [6.45, 7) is 0. The molecule has 0 aliphatic rings. The number of halogens is 1. The van der Waals surface area contributed by atoms with Gasteiger partial charge in [0.2, 0.25) is 10.0 Å². The van der Waals surface area contributed by atoms with Gasteiger partial charge in [0.25, 0.3) is 0 Å². The highest BCUT2D eigenvalue weighted by atomic mass is 35.5. The molecule has 0 radical (unpaired) electrons. The molecule has 0 amide bonds. The van der Waals surface area contributed by atoms with Crippen molar-refractivity contribution in [3.8, 4) is 0 Å². The molecule has 0 aliphatic heterocycles. The van der Waals surface area contributed by atoms with E-state index in [1.807, 2.05) is 34.3 Å². The minimum Gasteiger partial charge on any atom is -0.207 e. The van der Waals surface area contributed by atoms with Gasteiger partial charge in [-0.2, -0.15) is 16.1 Å². The van der Waals surface area contributed by atoms with Crippen LogP contribution in [0.2, 0.25) is 5.02 Å². The van der Waals surface area contributed by atoms with Crippen LogP contribution in [0.25, 0.3) is 0 Å². The van der Waals surface area contributed by atoms with E-state index in [4.69, 9.17) is 11.6 Å². The largest absolute Gasteiger partial charge is 0.242 e. The molecular weight excluding hydrogens is 358 g/mol. The van der Waals surface area contributed by atoms with Gasteiger partial charge in [0.05, 0.1) is 11.1 Å². The first-order chi connectivity index (χ1) is 10.6. The molecule has 2 heterocycles. The number of rotatable bonds is 5. The average molecular weight is 370 g/mol. The van der Waals surface area contributed by atoms with Gasteiger partial charge in [0.1, 0.15) is 4.90 Å². The number of hydrogen-bond donors (Lipinski definition) is 1. The van der Waals surface area contributed by atoms with Crippen molar-refractivity contribution in [2.24, 2.45) is 0 Å². The molecule has 1 atom stereocenters. The molecule has 0 unspecified atom stereocenters. The molecule has 2 aromatic heterocycles. The zero-order valence-electron chi connectivity index (χ0n) is 11.3. The Bertz CT molecular complexity index is 809. The van der Waals surface area contributed by atoms with E-state index in [2.05, 4.69) is 4.72 Å². The first-order valence-corrected chi connectivity index (χ1v) is 10.1. The van der Waals surface area contributed by atoms with Crippen molar-refractivity contribution in [3.05, 3.63) is 74.1 Å². The first-order valence-electron chi connectivity index (χ1n) is 6.40. The van der Waals surface area contributed by atoms with Crippen LogP contribution in [-0.2, 0) is 10.0 Å². The lowest BCUT2D eigenvalue weighted by Crippen LogP contribution is -2.28. The maximum absolute atomic E-state index is 12.7. The Kier molecular flexibility index (Phi) is 4.65. The van der Waals surface area contributed by atoms with Gasteiger partial charge in [-0.05, 0) is 46.0 Å². The molecule has 0 spiro atoms. The second kappa shape index (κ2) is 6.52. The monoisotopic (exact) mass is 369 g/mol. The fourth-order valence-electron chi connectivity index (χ4n) is 2.07. The second-order valence-electron chi connectivity index (χ2n) is 4.56. The zero-order valence-corrected chi connectivity index (χ0v) is 14.5. The Morgan fingerprint density at radius 1 is 1.05 bits per heavy atom. The Balaban J connectivity index is 1.99. The third kappa shape index (κ3) is 3.26. The van der Waals surface area contributed by atoms with E-state index in [0.29, 0.717) is 0 Å². The predicted molar refractivity (Wildman–Crippen MR) is 92.3 cm³/mol. The van der Waals surface area contributed by atoms with Crippen LogP contribution in [0.1, 0.15) is 16.5 Å². The van der Waals surface area contributed by atoms with Crippen LogP contribution in [-0.4, -0.2) is 8.42 Å². The normalized spacial score (nSPS) is 13.1. The summed E-state index contributed by atoms with van der Waals surface area (Å²) in [6, 6.07) is 11.8. The van der Waals surface area contributed by atoms with E-state index < -0.39 is 16.1 Å². The average Bonchev–Trinajstić information content (AvgIpc) is 3.19. The van der Waals surface area contributed by atoms with Gasteiger partial charge in [-0.15, -0.1) is 11.3 Å². The molecule has 3 aromatic rings. The van der Waals surface area contributed by atoms with Crippen molar-refractivity contribution in [2.75, 3.05) is 0 Å². The minimum atomic E-state index is -3.71. The summed E-state index contributed by atoms with van der Waals surface area (Å²) < 4.78 is 28.1. The van der Waals surface area contributed by atoms with Crippen LogP contribution < -0.4 is 4.72 Å². The zero-order chi connectivity index (χ0) is 15.6. The molecule has 7 heteroatoms. The molecule has 0 bridgehead atoms. The lowest BCUT2D eigenvalue weighted by atomic mass is 10.1. The Hall–Kier alpha value is -1.18. The molecule has 0 saturated carbocycles. The minimum absolute atomic E-state index is 0.0912. The number of nitrogens with one attached hydrogen (secondary N) is 1. The number of thiophene rings is 2. The molecule has 0 fully saturated rings. The van der Waals surface area contributed by atoms with Gasteiger partial charge >= 0.3 is 0 Å². The van der Waals surface area contributed by atoms with Crippen LogP contribution in [0.3, 0.4) is 0 Å². The van der Waals surface area contributed by atoms with E-state index in [1.165, 1.54) is 28.7 Å². The molecule has 22 heavy (non-hydrogen) atoms. The molecule has 1 aromatic carbocycles. The van der Waals surface area contributed by atoms with Gasteiger partial charge in [-0.3, -0.25) is 0 Å². The molecular formula is C15H12ClNO2S3. The van der Waals surface area contributed by atoms with Gasteiger partial charge in [-0.25, -0.2) is 8.42 Å². The number of benzene rings is 1. The Labute approximate surface area is 142 Å². The maximum atomic E-state index is 12.7. The van der Waals surface area contributed by atoms with E-state index in [9.17, 15) is 8.42 Å². The Morgan fingerprint density at radius 2 is 1.86 bits per heavy atom. The van der Waals surface area contributed by atoms with Crippen molar-refractivity contribution in [3.63, 3.8) is 0 Å². The van der Waals surface area contributed by atoms with Crippen LogP contribution in [0.15, 0.2) is 63.5 Å². The maximum Gasteiger partial charge on any atom is 0.242 e. The summed E-state index contributed by atoms with van der Waals surface area (Å²) in [6.07, 6.45) is 0. The highest BCUT2D eigenvalue weighted by Gasteiger charge is 2.25. The van der Waals surface area contributed by atoms with E-state index in [1.54, 1.807) is 18.2 Å². The standard InChI is InChI=1S/C15H12ClNO2S3/c16-12-4-1-2-6-14(12)22(18,19)17-15(11-7-9-20-10-11)13-5-3-8-21-13/h1-10,15,17H/t15-/m1/s1. The SMILES string of the molecule is O=S(=O)(N[C@H](c1ccsc1)c1cccs1)c1ccccc1Cl. The summed E-state index contributed by atoms with van der Waals surface area (Å²) in [5.41, 5.74) is 0.920. The summed E-state index contributed by atoms with van der Waals surface area (Å²) in [5, 5.41) is 6.02. The second-order valence-corrected chi connectivity index (χ2v) is 8.41. The Morgan fingerprint density at radius 3 is 2.50 bits per heavy atom. The van der Waals surface area contributed by atoms with Crippen LogP contribution in [0.5, 0.6) is 0 Å². The highest BCUT2D eigenvalue weighted by Crippen LogP contribution is 2.30. The van der Waals surface area contributed by atoms with Crippen molar-refractivity contribution in [1.29, 1.82) is 0 Å². The van der Waals surface area contributed by atoms with E-state index in [-0.39, 0.29) is 9.92 Å². The quantitative estimate of drug-likeness (QED) is 0.718. The van der Waals surface area contributed by atoms with Crippen molar-refractivity contribution < 1.29 is 8.42 Å². The summed E-state index contributed by atoms with van der Waals surface area (Å²) in [5.74, 6) is 0. The molecule has 3 nitrogen and oxygen atoms in total. The molecule has 114 valence electrons. The van der Waals surface area contributed by atoms with Gasteiger partial charge in [-0.1, -0.05) is 29.8 Å². The number of sulfonamides is 1. The fourth-order valence-corrected chi connectivity index (χ4v) is 5.35. The summed E-state index contributed by atoms with van der Waals surface area (Å²) in [7, 11) is -3.71. The van der Waals surface area contributed by atoms with Gasteiger partial charge in [0, 0.05) is 4.88 Å². The fraction of sp³-hybridized carbons (Fsp3) is 0.0667. The van der Waals surface area contributed by atoms with Crippen molar-refractivity contribution >= 4 is 44.3 Å². The molecule has 1 N–H and O–H groups in total. The van der Waals surface area contributed by atoms with Crippen LogP contribution in [0, 0.1) is 0 Å². The van der Waals surface area contributed by atoms with Gasteiger partial charge in [0.15, 0.2) is 0 Å². The van der Waals surface area contributed by atoms with Gasteiger partial charge < -0.3 is 0 Å². The highest BCUT2D eigenvalue weighted by molar-refractivity contribution is 7.89. The topological polar surface area (TPSA) is 46.2 Å². The third-order valence-electron chi connectivity index (χ3n) is 3.10. The summed E-state index contributed by atoms with van der Waals surface area (Å²) >= 11 is 9.08. The molecule has 0 saturated heterocycles. The third-order valence-corrected chi connectivity index (χ3v) is 6.66. The lowest BCUT2D eigenvalue weighted by molar-refractivity contribution is 0.573.